The maximum Gasteiger partial charge on any atom is 0.490 e. The van der Waals surface area contributed by atoms with Gasteiger partial charge in [-0.1, -0.05) is 77.8 Å². The maximum atomic E-state index is 14.1. The summed E-state index contributed by atoms with van der Waals surface area (Å²) in [5.74, 6) is -15.5. The van der Waals surface area contributed by atoms with Crippen molar-refractivity contribution in [1.29, 1.82) is 0 Å². The lowest BCUT2D eigenvalue weighted by molar-refractivity contribution is -0.192. The highest BCUT2D eigenvalue weighted by Gasteiger charge is 2.40. The molecule has 0 aromatic heterocycles. The zero-order valence-corrected chi connectivity index (χ0v) is 48.0. The number of nitrogens with one attached hydrogen (secondary N) is 8. The second kappa shape index (κ2) is 37.6. The van der Waals surface area contributed by atoms with Crippen LogP contribution in [0.3, 0.4) is 0 Å². The average Bonchev–Trinajstić information content (AvgIpc) is 3.60. The number of hydrogen-bond acceptors (Lipinski definition) is 18. The van der Waals surface area contributed by atoms with E-state index >= 15 is 0 Å². The number of alkyl halides is 3. The number of aliphatic hydroxyl groups excluding tert-OH is 3. The number of hydrogen-bond donors (Lipinski definition) is 16. The first-order valence-corrected chi connectivity index (χ1v) is 27.8. The lowest BCUT2D eigenvalue weighted by Crippen LogP contribution is -2.60. The molecule has 0 spiro atoms. The van der Waals surface area contributed by atoms with Crippen molar-refractivity contribution in [2.45, 2.75) is 147 Å². The predicted octanol–water partition coefficient (Wildman–Crippen LogP) is -6.17. The minimum atomic E-state index is -5.08. The van der Waals surface area contributed by atoms with Crippen molar-refractivity contribution in [1.82, 2.24) is 46.8 Å². The number of nitrogens with zero attached hydrogens (tertiary/aromatic N) is 1. The van der Waals surface area contributed by atoms with Gasteiger partial charge in [0.05, 0.1) is 45.0 Å². The number of carbonyl (C=O) groups excluding carboxylic acids is 11. The minimum Gasteiger partial charge on any atom is -0.475 e. The molecule has 0 saturated carbocycles. The first-order chi connectivity index (χ1) is 39.0. The third kappa shape index (κ3) is 28.6. The van der Waals surface area contributed by atoms with Gasteiger partial charge in [0.2, 0.25) is 75.0 Å². The molecule has 1 aromatic rings. The molecule has 1 rings (SSSR count). The molecule has 0 radical (unpaired) electrons. The molecule has 476 valence electrons. The summed E-state index contributed by atoms with van der Waals surface area (Å²) < 4.78 is 60.7. The van der Waals surface area contributed by atoms with Crippen LogP contribution in [0, 0.1) is 11.8 Å². The molecule has 1 aromatic carbocycles. The van der Waals surface area contributed by atoms with E-state index in [0.29, 0.717) is 18.4 Å². The summed E-state index contributed by atoms with van der Waals surface area (Å²) in [6.45, 7) is 6.22. The molecule has 84 heavy (non-hydrogen) atoms. The molecule has 20 N–H and O–H groups in total. The Hall–Kier alpha value is -7.60. The third-order valence-corrected chi connectivity index (χ3v) is 14.0. The number of amides is 11. The van der Waals surface area contributed by atoms with E-state index in [1.807, 2.05) is 0 Å². The van der Waals surface area contributed by atoms with E-state index in [2.05, 4.69) is 42.5 Å². The van der Waals surface area contributed by atoms with E-state index in [0.717, 1.165) is 4.31 Å². The molecule has 0 fully saturated rings. The van der Waals surface area contributed by atoms with E-state index in [1.54, 1.807) is 65.0 Å². The van der Waals surface area contributed by atoms with Crippen molar-refractivity contribution < 1.29 is 99.5 Å². The van der Waals surface area contributed by atoms with E-state index in [4.69, 9.17) is 32.8 Å². The Morgan fingerprint density at radius 1 is 0.643 bits per heavy atom. The van der Waals surface area contributed by atoms with Gasteiger partial charge in [0, 0.05) is 19.0 Å². The first-order valence-electron chi connectivity index (χ1n) is 26.2. The number of unbranched alkanes of at least 4 members (excludes halogenated alkanes) is 1. The van der Waals surface area contributed by atoms with Gasteiger partial charge in [0.15, 0.2) is 0 Å². The summed E-state index contributed by atoms with van der Waals surface area (Å²) in [6.07, 6.45) is -5.77. The number of carbonyl (C=O) groups is 12. The Morgan fingerprint density at radius 2 is 1.15 bits per heavy atom. The lowest BCUT2D eigenvalue weighted by Gasteiger charge is -2.32. The molecule has 11 amide bonds. The average molecular weight is 1230 g/mol. The van der Waals surface area contributed by atoms with Crippen LogP contribution in [-0.4, -0.2) is 203 Å². The van der Waals surface area contributed by atoms with E-state index in [9.17, 15) is 89.6 Å². The Morgan fingerprint density at radius 3 is 1.60 bits per heavy atom. The van der Waals surface area contributed by atoms with Crippen molar-refractivity contribution in [2.75, 3.05) is 38.7 Å². The van der Waals surface area contributed by atoms with Crippen LogP contribution in [0.2, 0.25) is 0 Å². The highest BCUT2D eigenvalue weighted by Crippen LogP contribution is 2.18. The van der Waals surface area contributed by atoms with Crippen LogP contribution < -0.4 is 65.5 Å². The van der Waals surface area contributed by atoms with Crippen LogP contribution in [-0.2, 0) is 74.0 Å². The van der Waals surface area contributed by atoms with E-state index in [-0.39, 0.29) is 31.7 Å². The number of nitrogens with two attached hydrogens (primary N) is 4. The van der Waals surface area contributed by atoms with Gasteiger partial charge in [-0.05, 0) is 37.2 Å². The number of carboxylic acid groups (broad SMARTS) is 1. The number of sulfonamides is 1. The van der Waals surface area contributed by atoms with Crippen LogP contribution >= 0.6 is 0 Å². The molecule has 0 bridgehead atoms. The van der Waals surface area contributed by atoms with Crippen LogP contribution in [0.4, 0.5) is 13.2 Å². The number of aliphatic carboxylic acids is 1. The molecule has 0 unspecified atom stereocenters. The standard InChI is InChI=1S/C47H79N13O16S.C2HF3O2/c1-7-9-15-60(35(23-63)46(73)58-34(22-62)40(51)67)77(75,76)24-29(16-25(3)4)54-47(74)39(26(5)8-2)59-41(68)27(6)53-38(66)20-52-43(70)31(17-28-13-11-10-12-14-28)56-45(72)33(19-37(50)65)57-44(71)32(18-36(49)64)55-42(69)30(48)21-61;3-2(4,5)1(6)7/h10-14,25-27,29-35,39,61-63H,7-9,15-24,48H2,1-6H3,(H2,49,64)(H2,50,65)(H2,51,67)(H,52,70)(H,53,66)(H,54,74)(H,55,69)(H,56,72)(H,57,71)(H,58,73)(H,59,68);(H,6,7)/t26-,27-,29-,30-,31-,32-,33-,34-,35-,39-;/m0./s1. The molecular formula is C49H80F3N13O18S. The fraction of sp³-hybridized carbons (Fsp3) is 0.633. The number of primary amides is 3. The van der Waals surface area contributed by atoms with Gasteiger partial charge in [-0.3, -0.25) is 52.7 Å². The molecule has 35 heteroatoms. The molecule has 31 nitrogen and oxygen atoms in total. The smallest absolute Gasteiger partial charge is 0.475 e. The van der Waals surface area contributed by atoms with E-state index in [1.165, 1.54) is 6.92 Å². The summed E-state index contributed by atoms with van der Waals surface area (Å²) in [4.78, 5) is 151. The largest absolute Gasteiger partial charge is 0.490 e. The number of rotatable bonds is 37. The van der Waals surface area contributed by atoms with Crippen molar-refractivity contribution in [3.63, 3.8) is 0 Å². The van der Waals surface area contributed by atoms with Crippen LogP contribution in [0.1, 0.15) is 85.6 Å². The number of benzene rings is 1. The van der Waals surface area contributed by atoms with Crippen molar-refractivity contribution >= 4 is 81.0 Å². The van der Waals surface area contributed by atoms with Gasteiger partial charge in [0.25, 0.3) is 0 Å². The van der Waals surface area contributed by atoms with Crippen molar-refractivity contribution in [2.24, 2.45) is 34.8 Å². The van der Waals surface area contributed by atoms with Gasteiger partial charge in [0.1, 0.15) is 48.3 Å². The van der Waals surface area contributed by atoms with Crippen LogP contribution in [0.5, 0.6) is 0 Å². The Bertz CT molecular complexity index is 2520. The van der Waals surface area contributed by atoms with Crippen LogP contribution in [0.25, 0.3) is 0 Å². The highest BCUT2D eigenvalue weighted by molar-refractivity contribution is 7.89. The summed E-state index contributed by atoms with van der Waals surface area (Å²) in [6, 6.07) is -5.42. The fourth-order valence-electron chi connectivity index (χ4n) is 7.38. The first kappa shape index (κ1) is 76.4. The van der Waals surface area contributed by atoms with Gasteiger partial charge >= 0.3 is 12.1 Å². The minimum absolute atomic E-state index is 0.0962. The third-order valence-electron chi connectivity index (χ3n) is 12.0. The van der Waals surface area contributed by atoms with Crippen LogP contribution in [0.15, 0.2) is 30.3 Å². The van der Waals surface area contributed by atoms with Gasteiger partial charge in [-0.15, -0.1) is 0 Å². The number of halogens is 3. The summed E-state index contributed by atoms with van der Waals surface area (Å²) >= 11 is 0. The van der Waals surface area contributed by atoms with Gasteiger partial charge in [-0.25, -0.2) is 13.2 Å². The Balaban J connectivity index is 0.00000919. The molecular weight excluding hydrogens is 1150 g/mol. The predicted molar refractivity (Wildman–Crippen MR) is 290 cm³/mol. The van der Waals surface area contributed by atoms with Crippen molar-refractivity contribution in [3.05, 3.63) is 35.9 Å². The molecule has 10 atom stereocenters. The summed E-state index contributed by atoms with van der Waals surface area (Å²) in [5, 5.41) is 55.0. The second-order valence-electron chi connectivity index (χ2n) is 19.6. The second-order valence-corrected chi connectivity index (χ2v) is 21.6. The summed E-state index contributed by atoms with van der Waals surface area (Å²) in [5.41, 5.74) is 21.8. The molecule has 0 aliphatic carbocycles. The van der Waals surface area contributed by atoms with Gasteiger partial charge < -0.3 is 85.9 Å². The quantitative estimate of drug-likeness (QED) is 0.0295. The topological polar surface area (TPSA) is 523 Å². The number of aliphatic hydroxyl groups is 3. The molecule has 0 aliphatic rings. The normalized spacial score (nSPS) is 15.0. The van der Waals surface area contributed by atoms with E-state index < -0.39 is 192 Å². The summed E-state index contributed by atoms with van der Waals surface area (Å²) in [7, 11) is -4.50. The monoisotopic (exact) mass is 1230 g/mol. The zero-order valence-electron chi connectivity index (χ0n) is 47.2. The van der Waals surface area contributed by atoms with Crippen molar-refractivity contribution in [3.8, 4) is 0 Å². The fourth-order valence-corrected chi connectivity index (χ4v) is 9.25. The molecule has 0 heterocycles. The Kier molecular flexibility index (Phi) is 34.2. The zero-order chi connectivity index (χ0) is 64.8. The Labute approximate surface area is 482 Å². The SMILES string of the molecule is CCCCN([C@@H](CO)C(=O)N[C@@H](CO)C(N)=O)S(=O)(=O)C[C@H](CC(C)C)NC(=O)[C@@H](NC(=O)[C@H](C)NC(=O)CNC(=O)[C@H](Cc1ccccc1)NC(=O)[C@H](CC(N)=O)NC(=O)[C@H](CC(N)=O)NC(=O)[C@@H](N)CO)[C@@H](C)CC.O=C(O)C(F)(F)F. The van der Waals surface area contributed by atoms with Gasteiger partial charge in [-0.2, -0.15) is 17.5 Å². The maximum absolute atomic E-state index is 14.1. The lowest BCUT2D eigenvalue weighted by atomic mass is 9.97. The highest BCUT2D eigenvalue weighted by atomic mass is 32.2. The number of carboxylic acids is 1. The molecule has 0 saturated heterocycles. The molecule has 0 aliphatic heterocycles.